The Morgan fingerprint density at radius 2 is 1.94 bits per heavy atom. The lowest BCUT2D eigenvalue weighted by Gasteiger charge is -2.15. The van der Waals surface area contributed by atoms with Gasteiger partial charge in [-0.1, -0.05) is 0 Å². The maximum atomic E-state index is 11.7. The van der Waals surface area contributed by atoms with Crippen LogP contribution in [0.2, 0.25) is 0 Å². The molecule has 88 valence electrons. The molecule has 1 aromatic rings. The molecule has 0 fully saturated rings. The molecule has 4 nitrogen and oxygen atoms in total. The van der Waals surface area contributed by atoms with Crippen molar-refractivity contribution >= 4 is 5.78 Å². The van der Waals surface area contributed by atoms with E-state index in [1.165, 1.54) is 0 Å². The van der Waals surface area contributed by atoms with Crippen LogP contribution >= 0.6 is 0 Å². The van der Waals surface area contributed by atoms with Crippen molar-refractivity contribution in [2.75, 3.05) is 20.8 Å². The Morgan fingerprint density at radius 1 is 1.31 bits per heavy atom. The van der Waals surface area contributed by atoms with Crippen molar-refractivity contribution in [3.8, 4) is 11.5 Å². The van der Waals surface area contributed by atoms with Gasteiger partial charge in [0.05, 0.1) is 20.8 Å². The molecule has 0 aliphatic carbocycles. The van der Waals surface area contributed by atoms with E-state index in [-0.39, 0.29) is 12.3 Å². The molecule has 0 aliphatic heterocycles. The molecule has 4 heteroatoms. The SMILES string of the molecule is COc1cc(C)c(C(=O)CN)c(C)c1OC. The minimum absolute atomic E-state index is 0.00281. The zero-order chi connectivity index (χ0) is 12.3. The van der Waals surface area contributed by atoms with Gasteiger partial charge in [0.15, 0.2) is 17.3 Å². The summed E-state index contributed by atoms with van der Waals surface area (Å²) in [5.41, 5.74) is 7.63. The fraction of sp³-hybridized carbons (Fsp3) is 0.417. The monoisotopic (exact) mass is 223 g/mol. The number of rotatable bonds is 4. The van der Waals surface area contributed by atoms with Crippen molar-refractivity contribution in [2.24, 2.45) is 5.73 Å². The number of ketones is 1. The number of aryl methyl sites for hydroxylation is 1. The van der Waals surface area contributed by atoms with E-state index < -0.39 is 0 Å². The lowest BCUT2D eigenvalue weighted by atomic mass is 9.97. The molecule has 0 atom stereocenters. The van der Waals surface area contributed by atoms with Crippen molar-refractivity contribution < 1.29 is 14.3 Å². The highest BCUT2D eigenvalue weighted by Crippen LogP contribution is 2.35. The molecule has 16 heavy (non-hydrogen) atoms. The van der Waals surface area contributed by atoms with E-state index in [1.54, 1.807) is 20.3 Å². The Labute approximate surface area is 95.3 Å². The molecule has 0 unspecified atom stereocenters. The summed E-state index contributed by atoms with van der Waals surface area (Å²) in [5.74, 6) is 1.13. The van der Waals surface area contributed by atoms with E-state index in [0.29, 0.717) is 17.1 Å². The Kier molecular flexibility index (Phi) is 3.90. The quantitative estimate of drug-likeness (QED) is 0.785. The minimum Gasteiger partial charge on any atom is -0.493 e. The molecule has 0 bridgehead atoms. The van der Waals surface area contributed by atoms with Gasteiger partial charge in [0.2, 0.25) is 0 Å². The van der Waals surface area contributed by atoms with Crippen LogP contribution in [0.1, 0.15) is 21.5 Å². The van der Waals surface area contributed by atoms with Gasteiger partial charge in [0, 0.05) is 11.1 Å². The van der Waals surface area contributed by atoms with Gasteiger partial charge in [-0.15, -0.1) is 0 Å². The van der Waals surface area contributed by atoms with E-state index in [9.17, 15) is 4.79 Å². The van der Waals surface area contributed by atoms with Crippen molar-refractivity contribution in [1.82, 2.24) is 0 Å². The normalized spacial score (nSPS) is 10.1. The number of Topliss-reactive ketones (excluding diaryl/α,β-unsaturated/α-hetero) is 1. The van der Waals surface area contributed by atoms with Crippen LogP contribution < -0.4 is 15.2 Å². The summed E-state index contributed by atoms with van der Waals surface area (Å²) < 4.78 is 10.4. The Balaban J connectivity index is 3.46. The highest BCUT2D eigenvalue weighted by molar-refractivity contribution is 6.01. The average Bonchev–Trinajstić information content (AvgIpc) is 2.27. The second-order valence-electron chi connectivity index (χ2n) is 3.56. The topological polar surface area (TPSA) is 61.5 Å². The molecule has 0 saturated heterocycles. The summed E-state index contributed by atoms with van der Waals surface area (Å²) in [6.45, 7) is 3.69. The summed E-state index contributed by atoms with van der Waals surface area (Å²) in [6, 6.07) is 1.79. The summed E-state index contributed by atoms with van der Waals surface area (Å²) >= 11 is 0. The molecule has 0 aromatic heterocycles. The van der Waals surface area contributed by atoms with E-state index in [1.807, 2.05) is 13.8 Å². The molecule has 0 heterocycles. The smallest absolute Gasteiger partial charge is 0.177 e. The van der Waals surface area contributed by atoms with E-state index >= 15 is 0 Å². The van der Waals surface area contributed by atoms with Crippen LogP contribution in [-0.2, 0) is 0 Å². The fourth-order valence-electron chi connectivity index (χ4n) is 1.86. The first kappa shape index (κ1) is 12.5. The molecule has 2 N–H and O–H groups in total. The lowest BCUT2D eigenvalue weighted by Crippen LogP contribution is -2.16. The third-order valence-electron chi connectivity index (χ3n) is 2.57. The predicted octanol–water partition coefficient (Wildman–Crippen LogP) is 1.46. The molecule has 0 amide bonds. The first-order chi connectivity index (χ1) is 7.56. The molecule has 1 rings (SSSR count). The van der Waals surface area contributed by atoms with Gasteiger partial charge in [-0.3, -0.25) is 4.79 Å². The largest absolute Gasteiger partial charge is 0.493 e. The molecule has 0 spiro atoms. The van der Waals surface area contributed by atoms with Gasteiger partial charge in [-0.2, -0.15) is 0 Å². The molecule has 1 aromatic carbocycles. The zero-order valence-electron chi connectivity index (χ0n) is 10.1. The molecule has 0 radical (unpaired) electrons. The number of hydrogen-bond acceptors (Lipinski definition) is 4. The van der Waals surface area contributed by atoms with Gasteiger partial charge in [-0.05, 0) is 25.5 Å². The fourth-order valence-corrected chi connectivity index (χ4v) is 1.86. The summed E-state index contributed by atoms with van der Waals surface area (Å²) in [5, 5.41) is 0. The van der Waals surface area contributed by atoms with Crippen LogP contribution in [0.15, 0.2) is 6.07 Å². The summed E-state index contributed by atoms with van der Waals surface area (Å²) in [4.78, 5) is 11.7. The minimum atomic E-state index is -0.0871. The van der Waals surface area contributed by atoms with Gasteiger partial charge in [-0.25, -0.2) is 0 Å². The van der Waals surface area contributed by atoms with Gasteiger partial charge in [0.1, 0.15) is 0 Å². The van der Waals surface area contributed by atoms with Crippen LogP contribution in [0.3, 0.4) is 0 Å². The van der Waals surface area contributed by atoms with Crippen LogP contribution in [0.4, 0.5) is 0 Å². The highest BCUT2D eigenvalue weighted by atomic mass is 16.5. The van der Waals surface area contributed by atoms with E-state index in [4.69, 9.17) is 15.2 Å². The van der Waals surface area contributed by atoms with Crippen LogP contribution in [-0.4, -0.2) is 26.5 Å². The number of hydrogen-bond donors (Lipinski definition) is 1. The predicted molar refractivity (Wildman–Crippen MR) is 62.4 cm³/mol. The molecular formula is C12H17NO3. The second-order valence-corrected chi connectivity index (χ2v) is 3.56. The van der Waals surface area contributed by atoms with Crippen molar-refractivity contribution in [1.29, 1.82) is 0 Å². The van der Waals surface area contributed by atoms with Crippen molar-refractivity contribution in [3.05, 3.63) is 22.8 Å². The van der Waals surface area contributed by atoms with Crippen LogP contribution in [0, 0.1) is 13.8 Å². The zero-order valence-corrected chi connectivity index (χ0v) is 10.1. The highest BCUT2D eigenvalue weighted by Gasteiger charge is 2.18. The maximum Gasteiger partial charge on any atom is 0.177 e. The van der Waals surface area contributed by atoms with Gasteiger partial charge < -0.3 is 15.2 Å². The number of ether oxygens (including phenoxy) is 2. The van der Waals surface area contributed by atoms with Crippen LogP contribution in [0.25, 0.3) is 0 Å². The van der Waals surface area contributed by atoms with Crippen molar-refractivity contribution in [2.45, 2.75) is 13.8 Å². The third kappa shape index (κ3) is 2.02. The van der Waals surface area contributed by atoms with E-state index in [2.05, 4.69) is 0 Å². The number of methoxy groups -OCH3 is 2. The average molecular weight is 223 g/mol. The molecular weight excluding hydrogens is 206 g/mol. The van der Waals surface area contributed by atoms with Gasteiger partial charge >= 0.3 is 0 Å². The Bertz CT molecular complexity index is 413. The summed E-state index contributed by atoms with van der Waals surface area (Å²) in [7, 11) is 3.12. The number of carbonyl (C=O) groups is 1. The lowest BCUT2D eigenvalue weighted by molar-refractivity contribution is 0.0999. The summed E-state index contributed by atoms with van der Waals surface area (Å²) in [6.07, 6.45) is 0. The molecule has 0 aliphatic rings. The molecule has 0 saturated carbocycles. The Morgan fingerprint density at radius 3 is 2.38 bits per heavy atom. The number of nitrogens with two attached hydrogens (primary N) is 1. The second kappa shape index (κ2) is 4.99. The number of carbonyl (C=O) groups excluding carboxylic acids is 1. The number of benzene rings is 1. The maximum absolute atomic E-state index is 11.7. The van der Waals surface area contributed by atoms with Gasteiger partial charge in [0.25, 0.3) is 0 Å². The first-order valence-electron chi connectivity index (χ1n) is 5.02. The van der Waals surface area contributed by atoms with Crippen LogP contribution in [0.5, 0.6) is 11.5 Å². The van der Waals surface area contributed by atoms with E-state index in [0.717, 1.165) is 11.1 Å². The third-order valence-corrected chi connectivity index (χ3v) is 2.57. The first-order valence-corrected chi connectivity index (χ1v) is 5.02. The standard InChI is InChI=1S/C12H17NO3/c1-7-5-10(15-3)12(16-4)8(2)11(7)9(14)6-13/h5H,6,13H2,1-4H3. The Hall–Kier alpha value is -1.55. The van der Waals surface area contributed by atoms with Crippen molar-refractivity contribution in [3.63, 3.8) is 0 Å².